The van der Waals surface area contributed by atoms with E-state index in [0.29, 0.717) is 51.1 Å². The number of benzene rings is 1. The first-order valence-corrected chi connectivity index (χ1v) is 22.8. The number of nitroso groups, excluding NO2 is 1. The van der Waals surface area contributed by atoms with Crippen LogP contribution in [0.4, 0.5) is 0 Å². The van der Waals surface area contributed by atoms with E-state index in [0.717, 1.165) is 49.5 Å². The van der Waals surface area contributed by atoms with Crippen molar-refractivity contribution in [2.45, 2.75) is 110 Å². The van der Waals surface area contributed by atoms with Crippen LogP contribution in [0.1, 0.15) is 84.0 Å². The average Bonchev–Trinajstić information content (AvgIpc) is 4.02. The zero-order chi connectivity index (χ0) is 46.9. The molecule has 3 amide bonds. The van der Waals surface area contributed by atoms with Gasteiger partial charge in [-0.05, 0) is 74.9 Å². The number of rotatable bonds is 11. The van der Waals surface area contributed by atoms with E-state index in [1.54, 1.807) is 31.5 Å². The van der Waals surface area contributed by atoms with Crippen LogP contribution in [0.3, 0.4) is 0 Å². The van der Waals surface area contributed by atoms with Crippen molar-refractivity contribution in [2.75, 3.05) is 40.4 Å². The number of likely N-dealkylation sites (tertiary alicyclic amines) is 1. The lowest BCUT2D eigenvalue weighted by Gasteiger charge is -2.36. The Bertz CT molecular complexity index is 2470. The first kappa shape index (κ1) is 47.0. The maximum Gasteiger partial charge on any atom is 0.324 e. The highest BCUT2D eigenvalue weighted by Gasteiger charge is 2.45. The lowest BCUT2D eigenvalue weighted by Crippen LogP contribution is -2.62. The monoisotopic (exact) mass is 894 g/mol. The van der Waals surface area contributed by atoms with Gasteiger partial charge in [-0.1, -0.05) is 40.3 Å². The number of fused-ring (bicyclic) bond motifs is 6. The van der Waals surface area contributed by atoms with E-state index in [2.05, 4.69) is 66.9 Å². The minimum Gasteiger partial charge on any atom is -0.464 e. The molecule has 3 aliphatic heterocycles. The zero-order valence-electron chi connectivity index (χ0n) is 39.3. The predicted octanol–water partition coefficient (Wildman–Crippen LogP) is 4.92. The standard InChI is InChI=1S/C48H64N10O7/c1-11-41(59)55-22-19-32(27-55)58(63)54(9)43(29(3)4)45(60)51-37-24-40-50-26-39(53(40)8)31-17-18-38-34(23-31)35(44(56(38)12-2)33-15-13-20-49-42(33)30(5)64-10)25-48(6,7)28-65-47(62)36-16-14-21-57(52-36)46(37)61/h11,13,15,17-18,20,23,26,29-30,32,36-37,43,52H,1,12,14,16,19,21-22,24-25,27-28H2,2-10H3/p+1/t30-,32-,36-,37-,43-/m0/s1. The van der Waals surface area contributed by atoms with Crippen LogP contribution in [-0.4, -0.2) is 127 Å². The van der Waals surface area contributed by atoms with Crippen molar-refractivity contribution in [2.24, 2.45) is 18.4 Å². The Morgan fingerprint density at radius 3 is 2.63 bits per heavy atom. The largest absolute Gasteiger partial charge is 0.464 e. The second-order valence-electron chi connectivity index (χ2n) is 18.8. The number of aromatic nitrogens is 4. The molecule has 65 heavy (non-hydrogen) atoms. The van der Waals surface area contributed by atoms with Crippen molar-refractivity contribution in [3.8, 4) is 22.5 Å². The molecular weight excluding hydrogens is 829 g/mol. The van der Waals surface area contributed by atoms with Crippen molar-refractivity contribution < 1.29 is 33.5 Å². The number of aryl methyl sites for hydroxylation is 1. The Balaban J connectivity index is 1.29. The summed E-state index contributed by atoms with van der Waals surface area (Å²) in [5.74, 6) is -1.48. The van der Waals surface area contributed by atoms with E-state index in [9.17, 15) is 24.1 Å². The highest BCUT2D eigenvalue weighted by Crippen LogP contribution is 2.42. The first-order valence-electron chi connectivity index (χ1n) is 22.8. The van der Waals surface area contributed by atoms with E-state index in [-0.39, 0.29) is 37.5 Å². The molecule has 0 saturated carbocycles. The van der Waals surface area contributed by atoms with Gasteiger partial charge in [0.05, 0.1) is 54.5 Å². The van der Waals surface area contributed by atoms with Gasteiger partial charge in [-0.15, -0.1) is 5.01 Å². The fourth-order valence-electron chi connectivity index (χ4n) is 9.73. The Kier molecular flexibility index (Phi) is 13.9. The summed E-state index contributed by atoms with van der Waals surface area (Å²) in [6.07, 6.45) is 6.55. The van der Waals surface area contributed by atoms with Crippen LogP contribution in [-0.2, 0) is 55.1 Å². The fraction of sp³-hybridized carbons (Fsp3) is 0.542. The van der Waals surface area contributed by atoms with Gasteiger partial charge in [-0.2, -0.15) is 0 Å². The molecule has 17 heteroatoms. The van der Waals surface area contributed by atoms with Crippen LogP contribution in [0.5, 0.6) is 0 Å². The summed E-state index contributed by atoms with van der Waals surface area (Å²) in [4.78, 5) is 81.2. The van der Waals surface area contributed by atoms with Crippen molar-refractivity contribution >= 4 is 34.6 Å². The molecule has 0 spiro atoms. The molecule has 1 aromatic carbocycles. The Morgan fingerprint density at radius 1 is 1.15 bits per heavy atom. The Labute approximate surface area is 381 Å². The van der Waals surface area contributed by atoms with Crippen molar-refractivity contribution in [1.82, 2.24) is 44.8 Å². The molecule has 0 unspecified atom stereocenters. The number of hydrogen-bond acceptors (Lipinski definition) is 10. The topological polar surface area (TPSA) is 176 Å². The number of amides is 3. The van der Waals surface area contributed by atoms with Gasteiger partial charge >= 0.3 is 5.97 Å². The maximum atomic E-state index is 14.7. The molecular formula is C48H65N10O7+. The number of hydrazine groups is 2. The Morgan fingerprint density at radius 2 is 1.92 bits per heavy atom. The van der Waals surface area contributed by atoms with E-state index in [1.165, 1.54) is 16.1 Å². The van der Waals surface area contributed by atoms with Crippen LogP contribution in [0.15, 0.2) is 55.4 Å². The number of carbonyl (C=O) groups is 4. The molecule has 5 atom stereocenters. The molecule has 0 aliphatic carbocycles. The molecule has 6 heterocycles. The molecule has 0 radical (unpaired) electrons. The molecule has 2 fully saturated rings. The third kappa shape index (κ3) is 9.44. The number of imidazole rings is 1. The van der Waals surface area contributed by atoms with Gasteiger partial charge in [0, 0.05) is 80.3 Å². The van der Waals surface area contributed by atoms with Crippen LogP contribution < -0.4 is 10.7 Å². The summed E-state index contributed by atoms with van der Waals surface area (Å²) >= 11 is 0. The number of hydrogen-bond donors (Lipinski definition) is 2. The zero-order valence-corrected chi connectivity index (χ0v) is 39.3. The molecule has 6 bridgehead atoms. The second-order valence-corrected chi connectivity index (χ2v) is 18.8. The molecule has 4 aromatic rings. The van der Waals surface area contributed by atoms with Gasteiger partial charge < -0.3 is 28.8 Å². The maximum absolute atomic E-state index is 14.7. The molecule has 17 nitrogen and oxygen atoms in total. The fourth-order valence-corrected chi connectivity index (χ4v) is 9.73. The lowest BCUT2D eigenvalue weighted by molar-refractivity contribution is -0.732. The van der Waals surface area contributed by atoms with Gasteiger partial charge in [0.1, 0.15) is 22.8 Å². The van der Waals surface area contributed by atoms with Crippen LogP contribution >= 0.6 is 0 Å². The normalized spacial score (nSPS) is 21.2. The number of likely N-dealkylation sites (N-methyl/N-ethyl adjacent to an activating group) is 1. The van der Waals surface area contributed by atoms with Crippen molar-refractivity contribution in [3.05, 3.63) is 77.4 Å². The van der Waals surface area contributed by atoms with Crippen LogP contribution in [0.2, 0.25) is 0 Å². The quantitative estimate of drug-likeness (QED) is 0.0906. The SMILES string of the molecule is C=CC(=O)N1CC[C@H]([N+](=O)N(C)[C@H](C(=O)N[C@H]2Cc3ncc(n3C)-c3ccc4c(c3)c(c(-c3cccnc3[C@H](C)OC)n4CC)CC(C)(C)COC(=O)[C@@H]3CCCN(N3)C2=O)C(C)C)C1. The van der Waals surface area contributed by atoms with E-state index >= 15 is 0 Å². The molecule has 7 rings (SSSR count). The molecule has 3 aliphatic rings. The van der Waals surface area contributed by atoms with E-state index in [1.807, 2.05) is 38.5 Å². The highest BCUT2D eigenvalue weighted by atomic mass is 16.5. The van der Waals surface area contributed by atoms with E-state index in [4.69, 9.17) is 19.4 Å². The number of methoxy groups -OCH3 is 1. The third-order valence-corrected chi connectivity index (χ3v) is 13.3. The van der Waals surface area contributed by atoms with E-state index < -0.39 is 47.4 Å². The minimum absolute atomic E-state index is 0.0186. The van der Waals surface area contributed by atoms with Crippen molar-refractivity contribution in [1.29, 1.82) is 0 Å². The summed E-state index contributed by atoms with van der Waals surface area (Å²) in [5, 5.41) is 6.82. The lowest BCUT2D eigenvalue weighted by atomic mass is 9.84. The highest BCUT2D eigenvalue weighted by molar-refractivity contribution is 5.95. The number of nitrogens with one attached hydrogen (secondary N) is 2. The van der Waals surface area contributed by atoms with Gasteiger partial charge in [-0.25, -0.2) is 10.4 Å². The minimum atomic E-state index is -1.13. The molecule has 3 aromatic heterocycles. The molecule has 348 valence electrons. The van der Waals surface area contributed by atoms with Gasteiger partial charge in [0.2, 0.25) is 11.8 Å². The number of esters is 1. The Hall–Kier alpha value is -5.94. The number of ether oxygens (including phenoxy) is 2. The summed E-state index contributed by atoms with van der Waals surface area (Å²) in [6, 6.07) is 6.98. The summed E-state index contributed by atoms with van der Waals surface area (Å²) < 4.78 is 16.2. The summed E-state index contributed by atoms with van der Waals surface area (Å²) in [5.41, 5.74) is 9.31. The molecule has 2 N–H and O–H groups in total. The predicted molar refractivity (Wildman–Crippen MR) is 246 cm³/mol. The van der Waals surface area contributed by atoms with Crippen LogP contribution in [0.25, 0.3) is 33.4 Å². The third-order valence-electron chi connectivity index (χ3n) is 13.3. The smallest absolute Gasteiger partial charge is 0.324 e. The number of pyridine rings is 1. The number of carbonyl (C=O) groups excluding carboxylic acids is 4. The van der Waals surface area contributed by atoms with Gasteiger partial charge in [0.15, 0.2) is 6.04 Å². The summed E-state index contributed by atoms with van der Waals surface area (Å²) in [7, 11) is 5.14. The summed E-state index contributed by atoms with van der Waals surface area (Å²) in [6.45, 7) is 17.3. The van der Waals surface area contributed by atoms with Crippen LogP contribution in [0, 0.1) is 16.2 Å². The first-order chi connectivity index (χ1) is 31.0. The number of cyclic esters (lactones) is 1. The molecule has 2 saturated heterocycles. The number of nitrogens with zero attached hydrogens (tertiary/aromatic N) is 8. The van der Waals surface area contributed by atoms with Crippen molar-refractivity contribution in [3.63, 3.8) is 0 Å². The average molecular weight is 894 g/mol. The van der Waals surface area contributed by atoms with Gasteiger partial charge in [0.25, 0.3) is 11.9 Å². The second kappa shape index (κ2) is 19.3. The van der Waals surface area contributed by atoms with Gasteiger partial charge in [-0.3, -0.25) is 29.2 Å².